The normalized spacial score (nSPS) is 19.7. The summed E-state index contributed by atoms with van der Waals surface area (Å²) in [6.45, 7) is 7.09. The maximum atomic E-state index is 12.3. The number of piperazine rings is 1. The molecule has 1 atom stereocenters. The van der Waals surface area contributed by atoms with Crippen LogP contribution in [-0.4, -0.2) is 43.1 Å². The van der Waals surface area contributed by atoms with E-state index in [9.17, 15) is 4.79 Å². The molecule has 1 amide bonds. The lowest BCUT2D eigenvalue weighted by Crippen LogP contribution is -2.51. The molecular formula is C14H20N2O2. The van der Waals surface area contributed by atoms with Crippen LogP contribution < -0.4 is 10.1 Å². The van der Waals surface area contributed by atoms with Crippen LogP contribution in [0.3, 0.4) is 0 Å². The van der Waals surface area contributed by atoms with Gasteiger partial charge in [0.15, 0.2) is 0 Å². The van der Waals surface area contributed by atoms with Gasteiger partial charge in [-0.15, -0.1) is 0 Å². The minimum absolute atomic E-state index is 0.103. The van der Waals surface area contributed by atoms with Crippen molar-refractivity contribution in [2.75, 3.05) is 26.2 Å². The summed E-state index contributed by atoms with van der Waals surface area (Å²) in [5.41, 5.74) is 0.729. The number of ether oxygens (including phenoxy) is 1. The molecule has 1 N–H and O–H groups in total. The Labute approximate surface area is 108 Å². The van der Waals surface area contributed by atoms with Crippen molar-refractivity contribution in [3.05, 3.63) is 29.8 Å². The highest BCUT2D eigenvalue weighted by Gasteiger charge is 2.21. The van der Waals surface area contributed by atoms with E-state index >= 15 is 0 Å². The number of benzene rings is 1. The van der Waals surface area contributed by atoms with Crippen LogP contribution in [0.15, 0.2) is 24.3 Å². The molecule has 4 heteroatoms. The zero-order chi connectivity index (χ0) is 13.0. The minimum Gasteiger partial charge on any atom is -0.494 e. The van der Waals surface area contributed by atoms with Gasteiger partial charge in [-0.1, -0.05) is 0 Å². The summed E-state index contributed by atoms with van der Waals surface area (Å²) in [6.07, 6.45) is 0. The number of nitrogens with zero attached hydrogens (tertiary/aromatic N) is 1. The second kappa shape index (κ2) is 5.87. The fraction of sp³-hybridized carbons (Fsp3) is 0.500. The summed E-state index contributed by atoms with van der Waals surface area (Å²) in [4.78, 5) is 14.2. The third-order valence-electron chi connectivity index (χ3n) is 3.07. The third-order valence-corrected chi connectivity index (χ3v) is 3.07. The largest absolute Gasteiger partial charge is 0.494 e. The topological polar surface area (TPSA) is 41.6 Å². The van der Waals surface area contributed by atoms with Crippen LogP contribution in [0.25, 0.3) is 0 Å². The van der Waals surface area contributed by atoms with Crippen molar-refractivity contribution in [1.29, 1.82) is 0 Å². The van der Waals surface area contributed by atoms with Gasteiger partial charge in [-0.3, -0.25) is 4.79 Å². The number of hydrogen-bond donors (Lipinski definition) is 1. The molecule has 0 aliphatic carbocycles. The van der Waals surface area contributed by atoms with E-state index in [1.807, 2.05) is 36.1 Å². The number of amides is 1. The van der Waals surface area contributed by atoms with E-state index < -0.39 is 0 Å². The number of carbonyl (C=O) groups is 1. The summed E-state index contributed by atoms with van der Waals surface area (Å²) in [5, 5.41) is 3.33. The summed E-state index contributed by atoms with van der Waals surface area (Å²) in [6, 6.07) is 7.73. The lowest BCUT2D eigenvalue weighted by molar-refractivity contribution is 0.0709. The molecule has 18 heavy (non-hydrogen) atoms. The predicted octanol–water partition coefficient (Wildman–Crippen LogP) is 1.52. The molecule has 1 fully saturated rings. The van der Waals surface area contributed by atoms with E-state index in [2.05, 4.69) is 12.2 Å². The Morgan fingerprint density at radius 3 is 2.78 bits per heavy atom. The first kappa shape index (κ1) is 12.9. The molecule has 0 spiro atoms. The third kappa shape index (κ3) is 3.01. The van der Waals surface area contributed by atoms with Crippen molar-refractivity contribution in [3.8, 4) is 5.75 Å². The smallest absolute Gasteiger partial charge is 0.253 e. The van der Waals surface area contributed by atoms with Crippen molar-refractivity contribution in [2.24, 2.45) is 0 Å². The molecule has 4 nitrogen and oxygen atoms in total. The second-order valence-corrected chi connectivity index (χ2v) is 4.56. The Kier molecular flexibility index (Phi) is 4.20. The van der Waals surface area contributed by atoms with Crippen LogP contribution in [0.1, 0.15) is 24.2 Å². The quantitative estimate of drug-likeness (QED) is 0.881. The maximum Gasteiger partial charge on any atom is 0.253 e. The van der Waals surface area contributed by atoms with Crippen LogP contribution in [0.4, 0.5) is 0 Å². The molecule has 1 unspecified atom stereocenters. The summed E-state index contributed by atoms with van der Waals surface area (Å²) >= 11 is 0. The maximum absolute atomic E-state index is 12.3. The molecule has 1 aliphatic rings. The number of nitrogens with one attached hydrogen (secondary N) is 1. The highest BCUT2D eigenvalue weighted by Crippen LogP contribution is 2.14. The first-order chi connectivity index (χ1) is 8.70. The Morgan fingerprint density at radius 2 is 2.17 bits per heavy atom. The van der Waals surface area contributed by atoms with E-state index in [1.165, 1.54) is 0 Å². The van der Waals surface area contributed by atoms with Crippen molar-refractivity contribution >= 4 is 5.91 Å². The zero-order valence-electron chi connectivity index (χ0n) is 11.0. The van der Waals surface area contributed by atoms with Gasteiger partial charge in [0.25, 0.3) is 5.91 Å². The number of hydrogen-bond acceptors (Lipinski definition) is 3. The summed E-state index contributed by atoms with van der Waals surface area (Å²) in [7, 11) is 0. The minimum atomic E-state index is 0.103. The average molecular weight is 248 g/mol. The summed E-state index contributed by atoms with van der Waals surface area (Å²) in [5.74, 6) is 0.911. The molecule has 1 aromatic carbocycles. The van der Waals surface area contributed by atoms with Gasteiger partial charge < -0.3 is 15.0 Å². The van der Waals surface area contributed by atoms with E-state index in [1.54, 1.807) is 0 Å². The second-order valence-electron chi connectivity index (χ2n) is 4.56. The van der Waals surface area contributed by atoms with Crippen LogP contribution in [0.5, 0.6) is 5.75 Å². The van der Waals surface area contributed by atoms with Crippen molar-refractivity contribution in [1.82, 2.24) is 10.2 Å². The summed E-state index contributed by atoms with van der Waals surface area (Å²) < 4.78 is 5.37. The molecule has 0 radical (unpaired) electrons. The van der Waals surface area contributed by atoms with E-state index in [-0.39, 0.29) is 5.91 Å². The van der Waals surface area contributed by atoms with E-state index in [0.29, 0.717) is 12.6 Å². The van der Waals surface area contributed by atoms with E-state index in [0.717, 1.165) is 30.9 Å². The molecule has 1 aromatic rings. The Morgan fingerprint density at radius 1 is 1.44 bits per heavy atom. The van der Waals surface area contributed by atoms with Gasteiger partial charge >= 0.3 is 0 Å². The van der Waals surface area contributed by atoms with Gasteiger partial charge in [-0.2, -0.15) is 0 Å². The molecular weight excluding hydrogens is 228 g/mol. The van der Waals surface area contributed by atoms with Gasteiger partial charge in [0.2, 0.25) is 0 Å². The standard InChI is InChI=1S/C14H20N2O2/c1-3-18-13-6-4-12(5-7-13)14(17)16-9-8-15-11(2)10-16/h4-7,11,15H,3,8-10H2,1-2H3. The highest BCUT2D eigenvalue weighted by atomic mass is 16.5. The molecule has 0 bridgehead atoms. The van der Waals surface area contributed by atoms with Crippen LogP contribution in [0.2, 0.25) is 0 Å². The fourth-order valence-electron chi connectivity index (χ4n) is 2.16. The Hall–Kier alpha value is -1.55. The van der Waals surface area contributed by atoms with Crippen LogP contribution in [0, 0.1) is 0 Å². The average Bonchev–Trinajstić information content (AvgIpc) is 2.39. The zero-order valence-corrected chi connectivity index (χ0v) is 11.0. The fourth-order valence-corrected chi connectivity index (χ4v) is 2.16. The molecule has 1 saturated heterocycles. The number of carbonyl (C=O) groups excluding carboxylic acids is 1. The monoisotopic (exact) mass is 248 g/mol. The Balaban J connectivity index is 2.03. The van der Waals surface area contributed by atoms with Gasteiger partial charge in [0, 0.05) is 31.2 Å². The van der Waals surface area contributed by atoms with E-state index in [4.69, 9.17) is 4.74 Å². The predicted molar refractivity (Wildman–Crippen MR) is 71.0 cm³/mol. The Bertz CT molecular complexity index is 403. The van der Waals surface area contributed by atoms with Crippen LogP contribution >= 0.6 is 0 Å². The van der Waals surface area contributed by atoms with Gasteiger partial charge in [-0.05, 0) is 38.1 Å². The van der Waals surface area contributed by atoms with Gasteiger partial charge in [0.1, 0.15) is 5.75 Å². The SMILES string of the molecule is CCOc1ccc(C(=O)N2CCNC(C)C2)cc1. The molecule has 1 heterocycles. The van der Waals surface area contributed by atoms with Crippen molar-refractivity contribution < 1.29 is 9.53 Å². The lowest BCUT2D eigenvalue weighted by atomic mass is 10.1. The molecule has 1 aliphatic heterocycles. The van der Waals surface area contributed by atoms with Gasteiger partial charge in [-0.25, -0.2) is 0 Å². The van der Waals surface area contributed by atoms with Crippen LogP contribution in [-0.2, 0) is 0 Å². The first-order valence-corrected chi connectivity index (χ1v) is 6.46. The lowest BCUT2D eigenvalue weighted by Gasteiger charge is -2.32. The molecule has 0 aromatic heterocycles. The molecule has 2 rings (SSSR count). The number of rotatable bonds is 3. The molecule has 0 saturated carbocycles. The van der Waals surface area contributed by atoms with Gasteiger partial charge in [0.05, 0.1) is 6.61 Å². The first-order valence-electron chi connectivity index (χ1n) is 6.46. The highest BCUT2D eigenvalue weighted by molar-refractivity contribution is 5.94. The van der Waals surface area contributed by atoms with Crippen molar-refractivity contribution in [2.45, 2.75) is 19.9 Å². The molecule has 98 valence electrons. The van der Waals surface area contributed by atoms with Crippen molar-refractivity contribution in [3.63, 3.8) is 0 Å².